The number of nitrogens with zero attached hydrogens (tertiary/aromatic N) is 7. The van der Waals surface area contributed by atoms with Gasteiger partial charge in [0.2, 0.25) is 0 Å². The fourth-order valence-electron chi connectivity index (χ4n) is 4.51. The zero-order chi connectivity index (χ0) is 24.4. The maximum atomic E-state index is 15.3. The van der Waals surface area contributed by atoms with Gasteiger partial charge < -0.3 is 9.64 Å². The average molecular weight is 477 g/mol. The number of nitriles is 1. The first kappa shape index (κ1) is 22.5. The van der Waals surface area contributed by atoms with Crippen LogP contribution in [0.15, 0.2) is 54.4 Å². The third-order valence-electron chi connectivity index (χ3n) is 6.27. The maximum absolute atomic E-state index is 15.3. The SMILES string of the molecule is N#CC=C1CCN(c2ccc(-c3ccc([C@H](N4CCOC4=O)n4cnnn4)cc3F)cc2F)CC1. The first-order chi connectivity index (χ1) is 17.0. The Balaban J connectivity index is 1.40. The second kappa shape index (κ2) is 9.50. The molecule has 1 amide bonds. The number of carbonyl (C=O) groups is 1. The van der Waals surface area contributed by atoms with Crippen molar-refractivity contribution >= 4 is 11.8 Å². The molecule has 3 aromatic rings. The summed E-state index contributed by atoms with van der Waals surface area (Å²) in [6, 6.07) is 11.2. The Morgan fingerprint density at radius 1 is 1.09 bits per heavy atom. The van der Waals surface area contributed by atoms with Crippen molar-refractivity contribution in [2.75, 3.05) is 31.1 Å². The van der Waals surface area contributed by atoms with Crippen molar-refractivity contribution in [1.29, 1.82) is 5.26 Å². The summed E-state index contributed by atoms with van der Waals surface area (Å²) in [5, 5.41) is 19.9. The molecule has 2 aliphatic heterocycles. The quantitative estimate of drug-likeness (QED) is 0.517. The number of aromatic nitrogens is 4. The number of hydrogen-bond acceptors (Lipinski definition) is 7. The summed E-state index contributed by atoms with van der Waals surface area (Å²) < 4.78 is 36.7. The van der Waals surface area contributed by atoms with E-state index in [1.54, 1.807) is 30.3 Å². The lowest BCUT2D eigenvalue weighted by atomic mass is 10.00. The van der Waals surface area contributed by atoms with Gasteiger partial charge in [-0.1, -0.05) is 23.8 Å². The highest BCUT2D eigenvalue weighted by atomic mass is 19.1. The summed E-state index contributed by atoms with van der Waals surface area (Å²) >= 11 is 0. The van der Waals surface area contributed by atoms with Gasteiger partial charge in [0.1, 0.15) is 24.6 Å². The van der Waals surface area contributed by atoms with E-state index in [1.807, 2.05) is 11.0 Å². The molecule has 11 heteroatoms. The van der Waals surface area contributed by atoms with E-state index in [0.717, 1.165) is 5.57 Å². The molecule has 0 N–H and O–H groups in total. The van der Waals surface area contributed by atoms with Gasteiger partial charge in [-0.2, -0.15) is 5.26 Å². The molecule has 0 spiro atoms. The van der Waals surface area contributed by atoms with Gasteiger partial charge in [-0.05, 0) is 52.6 Å². The number of anilines is 1. The van der Waals surface area contributed by atoms with E-state index < -0.39 is 23.9 Å². The third kappa shape index (κ3) is 4.42. The Morgan fingerprint density at radius 3 is 2.54 bits per heavy atom. The molecule has 9 nitrogen and oxygen atoms in total. The highest BCUT2D eigenvalue weighted by Crippen LogP contribution is 2.33. The summed E-state index contributed by atoms with van der Waals surface area (Å²) in [4.78, 5) is 15.5. The average Bonchev–Trinajstić information content (AvgIpc) is 3.53. The molecule has 2 aromatic carbocycles. The van der Waals surface area contributed by atoms with Crippen LogP contribution in [0.1, 0.15) is 24.6 Å². The maximum Gasteiger partial charge on any atom is 0.411 e. The topological polar surface area (TPSA) is 100 Å². The molecular formula is C24H21F2N7O2. The van der Waals surface area contributed by atoms with Gasteiger partial charge in [-0.25, -0.2) is 18.3 Å². The van der Waals surface area contributed by atoms with Crippen LogP contribution in [0.25, 0.3) is 11.1 Å². The predicted octanol–water partition coefficient (Wildman–Crippen LogP) is 3.67. The molecule has 1 aromatic heterocycles. The molecule has 2 saturated heterocycles. The van der Waals surface area contributed by atoms with Crippen LogP contribution in [-0.2, 0) is 4.74 Å². The van der Waals surface area contributed by atoms with Crippen LogP contribution in [0.3, 0.4) is 0 Å². The van der Waals surface area contributed by atoms with Gasteiger partial charge >= 0.3 is 6.09 Å². The van der Waals surface area contributed by atoms with Crippen LogP contribution in [0, 0.1) is 23.0 Å². The normalized spacial score (nSPS) is 16.7. The van der Waals surface area contributed by atoms with Crippen molar-refractivity contribution in [2.24, 2.45) is 0 Å². The summed E-state index contributed by atoms with van der Waals surface area (Å²) in [5.41, 5.74) is 2.59. The molecule has 0 aliphatic carbocycles. The Morgan fingerprint density at radius 2 is 1.91 bits per heavy atom. The molecule has 0 bridgehead atoms. The van der Waals surface area contributed by atoms with Crippen molar-refractivity contribution in [1.82, 2.24) is 25.1 Å². The lowest BCUT2D eigenvalue weighted by Crippen LogP contribution is -2.34. The molecule has 0 unspecified atom stereocenters. The third-order valence-corrected chi connectivity index (χ3v) is 6.27. The predicted molar refractivity (Wildman–Crippen MR) is 121 cm³/mol. The van der Waals surface area contributed by atoms with Gasteiger partial charge in [0.15, 0.2) is 6.17 Å². The fraction of sp³-hybridized carbons (Fsp3) is 0.292. The number of tetrazole rings is 1. The smallest absolute Gasteiger partial charge is 0.411 e. The standard InChI is InChI=1S/C24H21F2N7O2/c25-20-14-18(23(33-15-28-29-30-33)32-11-12-35-24(32)34)1-3-19(20)17-2-4-22(21(26)13-17)31-9-6-16(5-8-27)7-10-31/h1-5,13-15,23H,6-7,9-12H2/t23-/m1/s1. The zero-order valence-corrected chi connectivity index (χ0v) is 18.6. The largest absolute Gasteiger partial charge is 0.447 e. The molecular weight excluding hydrogens is 456 g/mol. The number of allylic oxidation sites excluding steroid dienone is 1. The van der Waals surface area contributed by atoms with E-state index in [2.05, 4.69) is 15.5 Å². The van der Waals surface area contributed by atoms with Crippen molar-refractivity contribution < 1.29 is 18.3 Å². The molecule has 5 rings (SSSR count). The molecule has 0 radical (unpaired) electrons. The molecule has 35 heavy (non-hydrogen) atoms. The lowest BCUT2D eigenvalue weighted by molar-refractivity contribution is 0.139. The number of carbonyl (C=O) groups excluding carboxylic acids is 1. The van der Waals surface area contributed by atoms with Crippen molar-refractivity contribution in [3.8, 4) is 17.2 Å². The van der Waals surface area contributed by atoms with Crippen molar-refractivity contribution in [3.63, 3.8) is 0 Å². The number of cyclic esters (lactones) is 1. The second-order valence-corrected chi connectivity index (χ2v) is 8.30. The Labute approximate surface area is 199 Å². The second-order valence-electron chi connectivity index (χ2n) is 8.30. The van der Waals surface area contributed by atoms with Gasteiger partial charge in [0.25, 0.3) is 0 Å². The summed E-state index contributed by atoms with van der Waals surface area (Å²) in [7, 11) is 0. The van der Waals surface area contributed by atoms with Crippen LogP contribution in [0.4, 0.5) is 19.3 Å². The van der Waals surface area contributed by atoms with E-state index in [0.29, 0.717) is 49.3 Å². The van der Waals surface area contributed by atoms with Crippen molar-refractivity contribution in [3.05, 3.63) is 71.6 Å². The highest BCUT2D eigenvalue weighted by Gasteiger charge is 2.33. The van der Waals surface area contributed by atoms with E-state index in [1.165, 1.54) is 28.0 Å². The van der Waals surface area contributed by atoms with Crippen LogP contribution in [-0.4, -0.2) is 57.4 Å². The van der Waals surface area contributed by atoms with Gasteiger partial charge in [-0.3, -0.25) is 4.90 Å². The molecule has 3 heterocycles. The van der Waals surface area contributed by atoms with Crippen LogP contribution in [0.5, 0.6) is 0 Å². The molecule has 2 aliphatic rings. The number of benzene rings is 2. The monoisotopic (exact) mass is 477 g/mol. The number of halogens is 2. The fourth-order valence-corrected chi connectivity index (χ4v) is 4.51. The highest BCUT2D eigenvalue weighted by molar-refractivity contribution is 5.71. The minimum atomic E-state index is -0.776. The van der Waals surface area contributed by atoms with Crippen LogP contribution >= 0.6 is 0 Å². The van der Waals surface area contributed by atoms with E-state index in [4.69, 9.17) is 10.00 Å². The Kier molecular flexibility index (Phi) is 6.10. The van der Waals surface area contributed by atoms with Gasteiger partial charge in [-0.15, -0.1) is 5.10 Å². The first-order valence-corrected chi connectivity index (χ1v) is 11.1. The minimum Gasteiger partial charge on any atom is -0.447 e. The number of hydrogen-bond donors (Lipinski definition) is 0. The number of amides is 1. The summed E-state index contributed by atoms with van der Waals surface area (Å²) in [5.74, 6) is -1.00. The van der Waals surface area contributed by atoms with E-state index in [9.17, 15) is 4.79 Å². The van der Waals surface area contributed by atoms with Crippen LogP contribution < -0.4 is 4.90 Å². The van der Waals surface area contributed by atoms with E-state index in [-0.39, 0.29) is 12.2 Å². The summed E-state index contributed by atoms with van der Waals surface area (Å²) in [6.45, 7) is 1.76. The van der Waals surface area contributed by atoms with Gasteiger partial charge in [0.05, 0.1) is 18.3 Å². The first-order valence-electron chi connectivity index (χ1n) is 11.1. The zero-order valence-electron chi connectivity index (χ0n) is 18.6. The molecule has 2 fully saturated rings. The number of ether oxygens (including phenoxy) is 1. The number of piperidine rings is 1. The molecule has 1 atom stereocenters. The Bertz CT molecular complexity index is 1310. The molecule has 178 valence electrons. The Hall–Kier alpha value is -4.33. The van der Waals surface area contributed by atoms with Crippen molar-refractivity contribution in [2.45, 2.75) is 19.0 Å². The van der Waals surface area contributed by atoms with Crippen LogP contribution in [0.2, 0.25) is 0 Å². The van der Waals surface area contributed by atoms with E-state index >= 15 is 8.78 Å². The summed E-state index contributed by atoms with van der Waals surface area (Å²) in [6.07, 6.45) is 2.99. The lowest BCUT2D eigenvalue weighted by Gasteiger charge is -2.30. The molecule has 0 saturated carbocycles. The number of rotatable bonds is 5. The minimum absolute atomic E-state index is 0.219. The van der Waals surface area contributed by atoms with Gasteiger partial charge in [0, 0.05) is 24.7 Å².